The molecule has 2 unspecified atom stereocenters. The Morgan fingerprint density at radius 3 is 2.76 bits per heavy atom. The summed E-state index contributed by atoms with van der Waals surface area (Å²) in [4.78, 5) is 3.77. The minimum absolute atomic E-state index is 0.0292. The van der Waals surface area contributed by atoms with Crippen LogP contribution in [0.15, 0.2) is 18.5 Å². The van der Waals surface area contributed by atoms with Crippen molar-refractivity contribution in [1.29, 1.82) is 0 Å². The van der Waals surface area contributed by atoms with Crippen LogP contribution in [0, 0.1) is 5.82 Å². The highest BCUT2D eigenvalue weighted by atomic mass is 19.1. The second-order valence-corrected chi connectivity index (χ2v) is 4.01. The molecule has 0 saturated heterocycles. The van der Waals surface area contributed by atoms with Crippen molar-refractivity contribution < 1.29 is 9.13 Å². The maximum atomic E-state index is 13.7. The number of pyridine rings is 1. The standard InChI is InChI=1S/C13H21FN2O/c1-4-7-16-13(12(5-2)17-3)10-6-8-15-9-11(10)14/h6,8-9,12-13,16H,4-5,7H2,1-3H3. The number of hydrogen-bond acceptors (Lipinski definition) is 3. The molecule has 1 N–H and O–H groups in total. The topological polar surface area (TPSA) is 34.2 Å². The first-order valence-corrected chi connectivity index (χ1v) is 6.10. The van der Waals surface area contributed by atoms with Crippen molar-refractivity contribution >= 4 is 0 Å². The molecule has 1 heterocycles. The van der Waals surface area contributed by atoms with Crippen molar-refractivity contribution in [2.75, 3.05) is 13.7 Å². The summed E-state index contributed by atoms with van der Waals surface area (Å²) in [5.74, 6) is -0.281. The predicted molar refractivity (Wildman–Crippen MR) is 66.3 cm³/mol. The molecule has 0 fully saturated rings. The van der Waals surface area contributed by atoms with Gasteiger partial charge in [0.25, 0.3) is 0 Å². The summed E-state index contributed by atoms with van der Waals surface area (Å²) in [5.41, 5.74) is 0.627. The maximum absolute atomic E-state index is 13.7. The van der Waals surface area contributed by atoms with Gasteiger partial charge in [0.2, 0.25) is 0 Å². The number of methoxy groups -OCH3 is 1. The van der Waals surface area contributed by atoms with Crippen molar-refractivity contribution in [3.63, 3.8) is 0 Å². The third-order valence-electron chi connectivity index (χ3n) is 2.83. The summed E-state index contributed by atoms with van der Waals surface area (Å²) in [6.45, 7) is 4.96. The first-order chi connectivity index (χ1) is 8.24. The number of hydrogen-bond donors (Lipinski definition) is 1. The van der Waals surface area contributed by atoms with E-state index in [2.05, 4.69) is 17.2 Å². The molecule has 1 aromatic heterocycles. The van der Waals surface area contributed by atoms with Crippen molar-refractivity contribution in [2.45, 2.75) is 38.8 Å². The molecule has 3 nitrogen and oxygen atoms in total. The van der Waals surface area contributed by atoms with Gasteiger partial charge in [-0.15, -0.1) is 0 Å². The Hall–Kier alpha value is -1.00. The first-order valence-electron chi connectivity index (χ1n) is 6.10. The first kappa shape index (κ1) is 14.1. The van der Waals surface area contributed by atoms with Gasteiger partial charge in [-0.1, -0.05) is 13.8 Å². The summed E-state index contributed by atoms with van der Waals surface area (Å²) in [6.07, 6.45) is 4.67. The van der Waals surface area contributed by atoms with Gasteiger partial charge in [-0.25, -0.2) is 4.39 Å². The van der Waals surface area contributed by atoms with Crippen LogP contribution < -0.4 is 5.32 Å². The molecule has 17 heavy (non-hydrogen) atoms. The van der Waals surface area contributed by atoms with E-state index in [4.69, 9.17) is 4.74 Å². The molecule has 0 saturated carbocycles. The molecule has 2 atom stereocenters. The van der Waals surface area contributed by atoms with E-state index in [-0.39, 0.29) is 18.0 Å². The Morgan fingerprint density at radius 2 is 2.24 bits per heavy atom. The van der Waals surface area contributed by atoms with E-state index in [0.29, 0.717) is 5.56 Å². The Balaban J connectivity index is 2.92. The summed E-state index contributed by atoms with van der Waals surface area (Å²) in [5, 5.41) is 3.34. The zero-order valence-corrected chi connectivity index (χ0v) is 10.7. The summed E-state index contributed by atoms with van der Waals surface area (Å²) in [7, 11) is 1.66. The average Bonchev–Trinajstić information content (AvgIpc) is 2.36. The van der Waals surface area contributed by atoms with Crippen molar-refractivity contribution in [1.82, 2.24) is 10.3 Å². The Kier molecular flexibility index (Phi) is 6.08. The predicted octanol–water partition coefficient (Wildman–Crippen LogP) is 2.69. The van der Waals surface area contributed by atoms with E-state index in [1.807, 2.05) is 6.92 Å². The quantitative estimate of drug-likeness (QED) is 0.795. The molecule has 0 radical (unpaired) electrons. The highest BCUT2D eigenvalue weighted by Crippen LogP contribution is 2.23. The monoisotopic (exact) mass is 240 g/mol. The molecule has 4 heteroatoms. The third-order valence-corrected chi connectivity index (χ3v) is 2.83. The van der Waals surface area contributed by atoms with Crippen LogP contribution >= 0.6 is 0 Å². The number of nitrogens with zero attached hydrogens (tertiary/aromatic N) is 1. The number of rotatable bonds is 7. The molecule has 0 aromatic carbocycles. The van der Waals surface area contributed by atoms with Gasteiger partial charge in [-0.05, 0) is 25.5 Å². The largest absolute Gasteiger partial charge is 0.379 e. The number of nitrogens with one attached hydrogen (secondary N) is 1. The van der Waals surface area contributed by atoms with Crippen molar-refractivity contribution in [3.8, 4) is 0 Å². The van der Waals surface area contributed by atoms with Gasteiger partial charge in [-0.2, -0.15) is 0 Å². The molecule has 0 aliphatic heterocycles. The average molecular weight is 240 g/mol. The smallest absolute Gasteiger partial charge is 0.146 e. The van der Waals surface area contributed by atoms with Crippen LogP contribution in [0.2, 0.25) is 0 Å². The van der Waals surface area contributed by atoms with Crippen LogP contribution in [0.25, 0.3) is 0 Å². The van der Waals surface area contributed by atoms with Gasteiger partial charge in [0.05, 0.1) is 18.3 Å². The van der Waals surface area contributed by atoms with Crippen LogP contribution in [0.4, 0.5) is 4.39 Å². The van der Waals surface area contributed by atoms with Gasteiger partial charge < -0.3 is 10.1 Å². The summed E-state index contributed by atoms with van der Waals surface area (Å²) in [6, 6.07) is 1.59. The molecule has 0 aliphatic rings. The lowest BCUT2D eigenvalue weighted by atomic mass is 10.00. The van der Waals surface area contributed by atoms with Gasteiger partial charge in [-0.3, -0.25) is 4.98 Å². The molecule has 0 aliphatic carbocycles. The van der Waals surface area contributed by atoms with Crippen LogP contribution in [-0.2, 0) is 4.74 Å². The zero-order chi connectivity index (χ0) is 12.7. The Morgan fingerprint density at radius 1 is 1.47 bits per heavy atom. The number of halogens is 1. The fourth-order valence-corrected chi connectivity index (χ4v) is 1.92. The molecule has 1 aromatic rings. The Bertz CT molecular complexity index is 329. The molecule has 0 spiro atoms. The fourth-order valence-electron chi connectivity index (χ4n) is 1.92. The van der Waals surface area contributed by atoms with Gasteiger partial charge >= 0.3 is 0 Å². The van der Waals surface area contributed by atoms with E-state index in [1.54, 1.807) is 19.4 Å². The number of ether oxygens (including phenoxy) is 1. The fraction of sp³-hybridized carbons (Fsp3) is 0.615. The normalized spacial score (nSPS) is 14.6. The molecular formula is C13H21FN2O. The van der Waals surface area contributed by atoms with Gasteiger partial charge in [0, 0.05) is 18.9 Å². The van der Waals surface area contributed by atoms with Crippen molar-refractivity contribution in [2.24, 2.45) is 0 Å². The minimum Gasteiger partial charge on any atom is -0.379 e. The highest BCUT2D eigenvalue weighted by molar-refractivity contribution is 5.19. The number of aromatic nitrogens is 1. The second-order valence-electron chi connectivity index (χ2n) is 4.01. The molecular weight excluding hydrogens is 219 g/mol. The summed E-state index contributed by atoms with van der Waals surface area (Å²) < 4.78 is 19.2. The Labute approximate surface area is 102 Å². The van der Waals surface area contributed by atoms with Gasteiger partial charge in [0.1, 0.15) is 5.82 Å². The molecule has 0 bridgehead atoms. The van der Waals surface area contributed by atoms with Crippen LogP contribution in [0.3, 0.4) is 0 Å². The van der Waals surface area contributed by atoms with Crippen LogP contribution in [0.1, 0.15) is 38.3 Å². The molecule has 1 rings (SSSR count). The lowest BCUT2D eigenvalue weighted by molar-refractivity contribution is 0.0639. The van der Waals surface area contributed by atoms with E-state index in [9.17, 15) is 4.39 Å². The SMILES string of the molecule is CCCNC(c1ccncc1F)C(CC)OC. The lowest BCUT2D eigenvalue weighted by Crippen LogP contribution is -2.34. The van der Waals surface area contributed by atoms with E-state index in [0.717, 1.165) is 19.4 Å². The van der Waals surface area contributed by atoms with Crippen LogP contribution in [-0.4, -0.2) is 24.7 Å². The lowest BCUT2D eigenvalue weighted by Gasteiger charge is -2.26. The zero-order valence-electron chi connectivity index (χ0n) is 10.7. The maximum Gasteiger partial charge on any atom is 0.146 e. The summed E-state index contributed by atoms with van der Waals surface area (Å²) >= 11 is 0. The van der Waals surface area contributed by atoms with Crippen molar-refractivity contribution in [3.05, 3.63) is 29.8 Å². The molecule has 0 amide bonds. The van der Waals surface area contributed by atoms with E-state index < -0.39 is 0 Å². The third kappa shape index (κ3) is 3.75. The van der Waals surface area contributed by atoms with Gasteiger partial charge in [0.15, 0.2) is 0 Å². The van der Waals surface area contributed by atoms with E-state index >= 15 is 0 Å². The second kappa shape index (κ2) is 7.35. The molecule has 96 valence electrons. The van der Waals surface area contributed by atoms with Crippen LogP contribution in [0.5, 0.6) is 0 Å². The minimum atomic E-state index is -0.281. The van der Waals surface area contributed by atoms with E-state index in [1.165, 1.54) is 6.20 Å². The highest BCUT2D eigenvalue weighted by Gasteiger charge is 2.23.